The lowest BCUT2D eigenvalue weighted by Gasteiger charge is -2.24. The molecule has 3 rings (SSSR count). The SMILES string of the molecule is CNC(CCC1CCCCC1)c1csc2c(Br)cccc12. The van der Waals surface area contributed by atoms with Crippen LogP contribution >= 0.6 is 27.3 Å². The van der Waals surface area contributed by atoms with E-state index in [0.717, 1.165) is 5.92 Å². The topological polar surface area (TPSA) is 12.0 Å². The average Bonchev–Trinajstić information content (AvgIpc) is 2.95. The van der Waals surface area contributed by atoms with Crippen molar-refractivity contribution >= 4 is 37.4 Å². The Hall–Kier alpha value is -0.380. The lowest BCUT2D eigenvalue weighted by Crippen LogP contribution is -2.18. The van der Waals surface area contributed by atoms with Crippen molar-refractivity contribution in [2.24, 2.45) is 5.92 Å². The molecule has 0 spiro atoms. The fourth-order valence-corrected chi connectivity index (χ4v) is 5.32. The Morgan fingerprint density at radius 1 is 1.29 bits per heavy atom. The smallest absolute Gasteiger partial charge is 0.0488 e. The normalized spacial score (nSPS) is 18.2. The van der Waals surface area contributed by atoms with Gasteiger partial charge in [0.25, 0.3) is 0 Å². The lowest BCUT2D eigenvalue weighted by molar-refractivity contribution is 0.318. The molecule has 0 aliphatic heterocycles. The molecule has 114 valence electrons. The minimum absolute atomic E-state index is 0.495. The Kier molecular flexibility index (Phi) is 5.36. The van der Waals surface area contributed by atoms with Crippen LogP contribution in [0.25, 0.3) is 10.1 Å². The molecule has 1 N–H and O–H groups in total. The van der Waals surface area contributed by atoms with E-state index >= 15 is 0 Å². The van der Waals surface area contributed by atoms with E-state index in [1.165, 1.54) is 65.1 Å². The maximum Gasteiger partial charge on any atom is 0.0488 e. The average molecular weight is 366 g/mol. The third-order valence-corrected chi connectivity index (χ3v) is 6.86. The molecule has 0 radical (unpaired) electrons. The second kappa shape index (κ2) is 7.26. The van der Waals surface area contributed by atoms with Crippen LogP contribution < -0.4 is 5.32 Å². The monoisotopic (exact) mass is 365 g/mol. The highest BCUT2D eigenvalue weighted by Gasteiger charge is 2.19. The van der Waals surface area contributed by atoms with Crippen molar-refractivity contribution in [2.45, 2.75) is 51.0 Å². The van der Waals surface area contributed by atoms with E-state index in [2.05, 4.69) is 51.9 Å². The van der Waals surface area contributed by atoms with Crippen molar-refractivity contribution < 1.29 is 0 Å². The molecule has 0 amide bonds. The van der Waals surface area contributed by atoms with E-state index in [4.69, 9.17) is 0 Å². The molecule has 2 aromatic rings. The molecule has 0 bridgehead atoms. The highest BCUT2D eigenvalue weighted by Crippen LogP contribution is 2.37. The number of nitrogens with one attached hydrogen (secondary N) is 1. The van der Waals surface area contributed by atoms with Crippen molar-refractivity contribution in [2.75, 3.05) is 7.05 Å². The van der Waals surface area contributed by atoms with Crippen molar-refractivity contribution in [3.05, 3.63) is 33.6 Å². The number of hydrogen-bond donors (Lipinski definition) is 1. The summed E-state index contributed by atoms with van der Waals surface area (Å²) in [4.78, 5) is 0. The largest absolute Gasteiger partial charge is 0.313 e. The molecule has 1 atom stereocenters. The Balaban J connectivity index is 1.73. The summed E-state index contributed by atoms with van der Waals surface area (Å²) in [6.07, 6.45) is 9.89. The molecule has 1 unspecified atom stereocenters. The van der Waals surface area contributed by atoms with Crippen LogP contribution in [0.3, 0.4) is 0 Å². The van der Waals surface area contributed by atoms with Gasteiger partial charge >= 0.3 is 0 Å². The van der Waals surface area contributed by atoms with Gasteiger partial charge in [-0.25, -0.2) is 0 Å². The van der Waals surface area contributed by atoms with Crippen LogP contribution in [0.15, 0.2) is 28.1 Å². The summed E-state index contributed by atoms with van der Waals surface area (Å²) < 4.78 is 2.60. The van der Waals surface area contributed by atoms with Gasteiger partial charge in [-0.05, 0) is 64.1 Å². The van der Waals surface area contributed by atoms with Crippen LogP contribution in [0.2, 0.25) is 0 Å². The van der Waals surface area contributed by atoms with Gasteiger partial charge in [-0.2, -0.15) is 0 Å². The van der Waals surface area contributed by atoms with Gasteiger partial charge in [0.05, 0.1) is 0 Å². The first-order valence-electron chi connectivity index (χ1n) is 8.12. The number of halogens is 1. The number of rotatable bonds is 5. The van der Waals surface area contributed by atoms with Crippen molar-refractivity contribution in [3.8, 4) is 0 Å². The molecule has 21 heavy (non-hydrogen) atoms. The second-order valence-electron chi connectivity index (χ2n) is 6.23. The zero-order chi connectivity index (χ0) is 14.7. The Labute approximate surface area is 140 Å². The summed E-state index contributed by atoms with van der Waals surface area (Å²) in [5.41, 5.74) is 1.48. The van der Waals surface area contributed by atoms with E-state index < -0.39 is 0 Å². The first-order valence-corrected chi connectivity index (χ1v) is 9.79. The Morgan fingerprint density at radius 3 is 2.86 bits per heavy atom. The summed E-state index contributed by atoms with van der Waals surface area (Å²) >= 11 is 5.53. The fourth-order valence-electron chi connectivity index (χ4n) is 3.65. The van der Waals surface area contributed by atoms with Gasteiger partial charge in [0.2, 0.25) is 0 Å². The van der Waals surface area contributed by atoms with Crippen LogP contribution in [-0.4, -0.2) is 7.05 Å². The fraction of sp³-hybridized carbons (Fsp3) is 0.556. The van der Waals surface area contributed by atoms with Gasteiger partial charge < -0.3 is 5.32 Å². The van der Waals surface area contributed by atoms with Gasteiger partial charge in [-0.3, -0.25) is 0 Å². The van der Waals surface area contributed by atoms with Gasteiger partial charge in [0.15, 0.2) is 0 Å². The quantitative estimate of drug-likeness (QED) is 0.656. The summed E-state index contributed by atoms with van der Waals surface area (Å²) in [6.45, 7) is 0. The first kappa shape index (κ1) is 15.5. The summed E-state index contributed by atoms with van der Waals surface area (Å²) in [5.74, 6) is 0.964. The van der Waals surface area contributed by atoms with Crippen LogP contribution in [-0.2, 0) is 0 Å². The van der Waals surface area contributed by atoms with E-state index in [1.54, 1.807) is 0 Å². The number of thiophene rings is 1. The van der Waals surface area contributed by atoms with Crippen LogP contribution in [0.1, 0.15) is 56.6 Å². The van der Waals surface area contributed by atoms with Crippen LogP contribution in [0, 0.1) is 5.92 Å². The third-order valence-electron chi connectivity index (χ3n) is 4.89. The summed E-state index contributed by atoms with van der Waals surface area (Å²) in [7, 11) is 2.10. The molecule has 3 heteroatoms. The predicted molar refractivity (Wildman–Crippen MR) is 97.1 cm³/mol. The number of fused-ring (bicyclic) bond motifs is 1. The Bertz CT molecular complexity index is 586. The lowest BCUT2D eigenvalue weighted by atomic mass is 9.84. The molecule has 1 fully saturated rings. The number of benzene rings is 1. The third kappa shape index (κ3) is 3.52. The van der Waals surface area contributed by atoms with Crippen molar-refractivity contribution in [3.63, 3.8) is 0 Å². The molecule has 1 aliphatic carbocycles. The molecule has 1 aromatic carbocycles. The molecular formula is C18H24BrNS. The molecule has 1 nitrogen and oxygen atoms in total. The minimum Gasteiger partial charge on any atom is -0.313 e. The van der Waals surface area contributed by atoms with Gasteiger partial charge in [-0.15, -0.1) is 11.3 Å². The van der Waals surface area contributed by atoms with Crippen LogP contribution in [0.5, 0.6) is 0 Å². The van der Waals surface area contributed by atoms with E-state index in [-0.39, 0.29) is 0 Å². The maximum absolute atomic E-state index is 3.67. The number of hydrogen-bond acceptors (Lipinski definition) is 2. The standard InChI is InChI=1S/C18H24BrNS/c1-20-17(11-10-13-6-3-2-4-7-13)15-12-21-18-14(15)8-5-9-16(18)19/h5,8-9,12-13,17,20H,2-4,6-7,10-11H2,1H3. The molecule has 1 aromatic heterocycles. The van der Waals surface area contributed by atoms with Gasteiger partial charge in [0, 0.05) is 15.2 Å². The molecule has 0 saturated heterocycles. The summed E-state index contributed by atoms with van der Waals surface area (Å²) in [5, 5.41) is 7.31. The zero-order valence-corrected chi connectivity index (χ0v) is 15.1. The highest BCUT2D eigenvalue weighted by atomic mass is 79.9. The minimum atomic E-state index is 0.495. The summed E-state index contributed by atoms with van der Waals surface area (Å²) in [6, 6.07) is 7.04. The molecule has 1 heterocycles. The highest BCUT2D eigenvalue weighted by molar-refractivity contribution is 9.10. The predicted octanol–water partition coefficient (Wildman–Crippen LogP) is 6.28. The second-order valence-corrected chi connectivity index (χ2v) is 7.96. The van der Waals surface area contributed by atoms with Crippen molar-refractivity contribution in [1.82, 2.24) is 5.32 Å². The Morgan fingerprint density at radius 2 is 2.10 bits per heavy atom. The van der Waals surface area contributed by atoms with E-state index in [9.17, 15) is 0 Å². The zero-order valence-electron chi connectivity index (χ0n) is 12.7. The molecular weight excluding hydrogens is 342 g/mol. The van der Waals surface area contributed by atoms with Gasteiger partial charge in [0.1, 0.15) is 0 Å². The van der Waals surface area contributed by atoms with E-state index in [0.29, 0.717) is 6.04 Å². The molecule has 1 saturated carbocycles. The first-order chi connectivity index (χ1) is 10.3. The van der Waals surface area contributed by atoms with Gasteiger partial charge in [-0.1, -0.05) is 44.2 Å². The van der Waals surface area contributed by atoms with Crippen LogP contribution in [0.4, 0.5) is 0 Å². The maximum atomic E-state index is 3.67. The van der Waals surface area contributed by atoms with E-state index in [1.807, 2.05) is 11.3 Å². The molecule has 1 aliphatic rings. The van der Waals surface area contributed by atoms with Crippen molar-refractivity contribution in [1.29, 1.82) is 0 Å².